The lowest BCUT2D eigenvalue weighted by Gasteiger charge is -2.42. The minimum atomic E-state index is -0.881. The van der Waals surface area contributed by atoms with Gasteiger partial charge in [0.2, 0.25) is 0 Å². The van der Waals surface area contributed by atoms with E-state index in [2.05, 4.69) is 10.1 Å². The standard InChI is InChI=1S/C14H15F2N3OS/c1-10-14(20-4-5-21-10,7-19-9-17-8-18-19)12-3-2-11(15)6-13(12)16/h2-3,6,8-10H,4-5,7H2,1H3/t10-,14+/m1/s1. The lowest BCUT2D eigenvalue weighted by molar-refractivity contribution is -0.0649. The molecule has 21 heavy (non-hydrogen) atoms. The van der Waals surface area contributed by atoms with E-state index in [1.165, 1.54) is 18.5 Å². The second-order valence-electron chi connectivity index (χ2n) is 4.97. The molecule has 1 fully saturated rings. The van der Waals surface area contributed by atoms with Crippen molar-refractivity contribution >= 4 is 11.8 Å². The predicted octanol–water partition coefficient (Wildman–Crippen LogP) is 2.60. The Bertz CT molecular complexity index is 623. The van der Waals surface area contributed by atoms with Crippen LogP contribution >= 0.6 is 11.8 Å². The molecular formula is C14H15F2N3OS. The van der Waals surface area contributed by atoms with Gasteiger partial charge in [-0.05, 0) is 6.07 Å². The molecule has 0 saturated carbocycles. The van der Waals surface area contributed by atoms with Crippen LogP contribution < -0.4 is 0 Å². The van der Waals surface area contributed by atoms with Gasteiger partial charge in [0.1, 0.15) is 29.9 Å². The Kier molecular flexibility index (Phi) is 3.95. The van der Waals surface area contributed by atoms with Crippen molar-refractivity contribution in [2.75, 3.05) is 12.4 Å². The van der Waals surface area contributed by atoms with Gasteiger partial charge in [-0.3, -0.25) is 0 Å². The van der Waals surface area contributed by atoms with E-state index in [0.29, 0.717) is 18.7 Å². The van der Waals surface area contributed by atoms with Gasteiger partial charge in [-0.25, -0.2) is 18.4 Å². The van der Waals surface area contributed by atoms with Gasteiger partial charge in [-0.1, -0.05) is 13.0 Å². The third kappa shape index (κ3) is 2.67. The molecule has 0 spiro atoms. The number of benzene rings is 1. The molecule has 2 atom stereocenters. The molecule has 4 nitrogen and oxygen atoms in total. The Labute approximate surface area is 125 Å². The smallest absolute Gasteiger partial charge is 0.137 e. The molecule has 112 valence electrons. The summed E-state index contributed by atoms with van der Waals surface area (Å²) in [6.07, 6.45) is 2.99. The fourth-order valence-corrected chi connectivity index (χ4v) is 3.72. The molecule has 1 aliphatic rings. The highest BCUT2D eigenvalue weighted by Crippen LogP contribution is 2.42. The first kappa shape index (κ1) is 14.5. The summed E-state index contributed by atoms with van der Waals surface area (Å²) in [6.45, 7) is 2.84. The van der Waals surface area contributed by atoms with Crippen molar-refractivity contribution in [3.05, 3.63) is 48.1 Å². The van der Waals surface area contributed by atoms with E-state index in [1.807, 2.05) is 6.92 Å². The fourth-order valence-electron chi connectivity index (χ4n) is 2.64. The average molecular weight is 311 g/mol. The SMILES string of the molecule is C[C@H]1SCCO[C@]1(Cn1cncn1)c1ccc(F)cc1F. The Balaban J connectivity index is 2.06. The van der Waals surface area contributed by atoms with Crippen molar-refractivity contribution in [2.45, 2.75) is 24.3 Å². The number of ether oxygens (including phenoxy) is 1. The molecule has 1 aromatic heterocycles. The van der Waals surface area contributed by atoms with E-state index in [1.54, 1.807) is 22.8 Å². The molecule has 0 radical (unpaired) electrons. The molecule has 0 bridgehead atoms. The van der Waals surface area contributed by atoms with E-state index in [9.17, 15) is 8.78 Å². The Morgan fingerprint density at radius 2 is 2.33 bits per heavy atom. The van der Waals surface area contributed by atoms with Crippen molar-refractivity contribution in [3.8, 4) is 0 Å². The van der Waals surface area contributed by atoms with E-state index in [-0.39, 0.29) is 5.25 Å². The number of nitrogens with zero attached hydrogens (tertiary/aromatic N) is 3. The highest BCUT2D eigenvalue weighted by Gasteiger charge is 2.44. The van der Waals surface area contributed by atoms with Crippen molar-refractivity contribution in [2.24, 2.45) is 0 Å². The minimum absolute atomic E-state index is 0.00964. The van der Waals surface area contributed by atoms with Crippen LogP contribution in [0.25, 0.3) is 0 Å². The molecule has 2 aromatic rings. The molecule has 0 N–H and O–H groups in total. The van der Waals surface area contributed by atoms with Gasteiger partial charge in [0.15, 0.2) is 0 Å². The average Bonchev–Trinajstić information content (AvgIpc) is 2.94. The normalized spacial score (nSPS) is 26.0. The number of aromatic nitrogens is 3. The third-order valence-corrected chi connectivity index (χ3v) is 5.00. The van der Waals surface area contributed by atoms with Crippen molar-refractivity contribution < 1.29 is 13.5 Å². The lowest BCUT2D eigenvalue weighted by Crippen LogP contribution is -2.47. The largest absolute Gasteiger partial charge is 0.366 e. The first-order chi connectivity index (χ1) is 10.1. The monoisotopic (exact) mass is 311 g/mol. The molecule has 0 unspecified atom stereocenters. The third-order valence-electron chi connectivity index (χ3n) is 3.72. The zero-order chi connectivity index (χ0) is 14.9. The van der Waals surface area contributed by atoms with Gasteiger partial charge in [-0.2, -0.15) is 16.9 Å². The Hall–Kier alpha value is -1.47. The van der Waals surface area contributed by atoms with Crippen LogP contribution in [-0.4, -0.2) is 32.4 Å². The van der Waals surface area contributed by atoms with E-state index in [0.717, 1.165) is 11.8 Å². The number of halogens is 2. The Morgan fingerprint density at radius 1 is 1.48 bits per heavy atom. The van der Waals surface area contributed by atoms with Crippen LogP contribution in [0.1, 0.15) is 12.5 Å². The summed E-state index contributed by atoms with van der Waals surface area (Å²) in [5, 5.41) is 4.09. The van der Waals surface area contributed by atoms with Crippen molar-refractivity contribution in [1.82, 2.24) is 14.8 Å². The van der Waals surface area contributed by atoms with E-state index in [4.69, 9.17) is 4.74 Å². The summed E-state index contributed by atoms with van der Waals surface area (Å²) >= 11 is 1.71. The van der Waals surface area contributed by atoms with Crippen LogP contribution in [0, 0.1) is 11.6 Å². The van der Waals surface area contributed by atoms with Crippen LogP contribution in [0.4, 0.5) is 8.78 Å². The molecule has 1 aromatic carbocycles. The van der Waals surface area contributed by atoms with E-state index < -0.39 is 17.2 Å². The summed E-state index contributed by atoms with van der Waals surface area (Å²) in [6, 6.07) is 3.62. The van der Waals surface area contributed by atoms with Crippen molar-refractivity contribution in [3.63, 3.8) is 0 Å². The molecular weight excluding hydrogens is 296 g/mol. The summed E-state index contributed by atoms with van der Waals surface area (Å²) < 4.78 is 35.1. The summed E-state index contributed by atoms with van der Waals surface area (Å²) in [7, 11) is 0. The lowest BCUT2D eigenvalue weighted by atomic mass is 9.89. The van der Waals surface area contributed by atoms with Crippen LogP contribution in [0.3, 0.4) is 0 Å². The number of rotatable bonds is 3. The summed E-state index contributed by atoms with van der Waals surface area (Å²) in [5.41, 5.74) is -0.520. The van der Waals surface area contributed by atoms with Gasteiger partial charge in [-0.15, -0.1) is 0 Å². The highest BCUT2D eigenvalue weighted by atomic mass is 32.2. The summed E-state index contributed by atoms with van der Waals surface area (Å²) in [5.74, 6) is -0.337. The number of hydrogen-bond acceptors (Lipinski definition) is 4. The van der Waals surface area contributed by atoms with E-state index >= 15 is 0 Å². The minimum Gasteiger partial charge on any atom is -0.366 e. The topological polar surface area (TPSA) is 39.9 Å². The maximum absolute atomic E-state index is 14.3. The maximum atomic E-state index is 14.3. The van der Waals surface area contributed by atoms with Gasteiger partial charge in [0, 0.05) is 22.6 Å². The molecule has 1 saturated heterocycles. The molecule has 0 amide bonds. The molecule has 3 rings (SSSR count). The van der Waals surface area contributed by atoms with Gasteiger partial charge < -0.3 is 4.74 Å². The fraction of sp³-hybridized carbons (Fsp3) is 0.429. The van der Waals surface area contributed by atoms with Crippen LogP contribution in [0.5, 0.6) is 0 Å². The quantitative estimate of drug-likeness (QED) is 0.873. The molecule has 7 heteroatoms. The second-order valence-corrected chi connectivity index (χ2v) is 6.42. The molecule has 1 aliphatic heterocycles. The first-order valence-corrected chi connectivity index (χ1v) is 7.70. The van der Waals surface area contributed by atoms with Gasteiger partial charge >= 0.3 is 0 Å². The van der Waals surface area contributed by atoms with Crippen LogP contribution in [-0.2, 0) is 16.9 Å². The molecule has 0 aliphatic carbocycles. The number of thioether (sulfide) groups is 1. The summed E-state index contributed by atoms with van der Waals surface area (Å²) in [4.78, 5) is 3.91. The van der Waals surface area contributed by atoms with Gasteiger partial charge in [0.25, 0.3) is 0 Å². The zero-order valence-electron chi connectivity index (χ0n) is 11.5. The zero-order valence-corrected chi connectivity index (χ0v) is 12.3. The van der Waals surface area contributed by atoms with Crippen LogP contribution in [0.2, 0.25) is 0 Å². The maximum Gasteiger partial charge on any atom is 0.137 e. The van der Waals surface area contributed by atoms with Gasteiger partial charge in [0.05, 0.1) is 13.2 Å². The molecule has 2 heterocycles. The Morgan fingerprint density at radius 3 is 3.00 bits per heavy atom. The predicted molar refractivity (Wildman–Crippen MR) is 75.9 cm³/mol. The van der Waals surface area contributed by atoms with Crippen LogP contribution in [0.15, 0.2) is 30.9 Å². The van der Waals surface area contributed by atoms with Crippen molar-refractivity contribution in [1.29, 1.82) is 0 Å². The first-order valence-electron chi connectivity index (χ1n) is 6.65. The highest BCUT2D eigenvalue weighted by molar-refractivity contribution is 8.00. The second kappa shape index (κ2) is 5.73. The number of hydrogen-bond donors (Lipinski definition) is 0.